The van der Waals surface area contributed by atoms with E-state index >= 15 is 0 Å². The van der Waals surface area contributed by atoms with Crippen LogP contribution in [0.15, 0.2) is 0 Å². The standard InChI is InChI=1S/C7H23N4P/c1-8-12(9(2)3,10(4)5)11(6)7/h8,12H,1-7H3. The van der Waals surface area contributed by atoms with Gasteiger partial charge < -0.3 is 0 Å². The molecule has 76 valence electrons. The Balaban J connectivity index is 4.77. The second-order valence-corrected chi connectivity index (χ2v) is 8.02. The van der Waals surface area contributed by atoms with Crippen LogP contribution >= 0.6 is 7.87 Å². The van der Waals surface area contributed by atoms with Crippen LogP contribution in [0.1, 0.15) is 0 Å². The van der Waals surface area contributed by atoms with Gasteiger partial charge in [0.25, 0.3) is 0 Å². The molecule has 0 aliphatic carbocycles. The van der Waals surface area contributed by atoms with Crippen LogP contribution in [0.5, 0.6) is 0 Å². The Bertz CT molecular complexity index is 114. The Kier molecular flexibility index (Phi) is 4.59. The van der Waals surface area contributed by atoms with Gasteiger partial charge in [-0.05, 0) is 0 Å². The molecule has 0 aromatic rings. The monoisotopic (exact) mass is 194 g/mol. The van der Waals surface area contributed by atoms with E-state index in [0.717, 1.165) is 0 Å². The van der Waals surface area contributed by atoms with E-state index in [1.54, 1.807) is 0 Å². The van der Waals surface area contributed by atoms with Crippen LogP contribution < -0.4 is 5.09 Å². The van der Waals surface area contributed by atoms with Crippen LogP contribution in [0.4, 0.5) is 0 Å². The predicted octanol–water partition coefficient (Wildman–Crippen LogP) is 0.300. The van der Waals surface area contributed by atoms with Gasteiger partial charge in [-0.2, -0.15) is 0 Å². The molecule has 0 bridgehead atoms. The summed E-state index contributed by atoms with van der Waals surface area (Å²) in [6, 6.07) is 0. The zero-order valence-corrected chi connectivity index (χ0v) is 10.3. The van der Waals surface area contributed by atoms with Crippen LogP contribution in [-0.2, 0) is 0 Å². The molecule has 0 saturated heterocycles. The molecule has 0 rings (SSSR count). The van der Waals surface area contributed by atoms with E-state index in [0.29, 0.717) is 0 Å². The van der Waals surface area contributed by atoms with Crippen molar-refractivity contribution in [1.82, 2.24) is 19.1 Å². The number of hydrogen-bond acceptors (Lipinski definition) is 4. The van der Waals surface area contributed by atoms with Crippen molar-refractivity contribution in [3.8, 4) is 0 Å². The van der Waals surface area contributed by atoms with Gasteiger partial charge in [0, 0.05) is 0 Å². The van der Waals surface area contributed by atoms with Gasteiger partial charge in [0.15, 0.2) is 0 Å². The van der Waals surface area contributed by atoms with Crippen molar-refractivity contribution >= 4 is 7.87 Å². The van der Waals surface area contributed by atoms with Crippen LogP contribution in [0.2, 0.25) is 0 Å². The first kappa shape index (κ1) is 12.3. The zero-order valence-electron chi connectivity index (χ0n) is 9.34. The normalized spacial score (nSPS) is 14.8. The third kappa shape index (κ3) is 1.95. The molecular formula is C7H23N4P. The fraction of sp³-hybridized carbons (Fsp3) is 1.00. The molecule has 0 heterocycles. The molecule has 0 atom stereocenters. The van der Waals surface area contributed by atoms with Gasteiger partial charge in [0.1, 0.15) is 0 Å². The molecule has 4 nitrogen and oxygen atoms in total. The van der Waals surface area contributed by atoms with E-state index in [9.17, 15) is 0 Å². The molecule has 0 spiro atoms. The first-order chi connectivity index (χ1) is 5.39. The van der Waals surface area contributed by atoms with Gasteiger partial charge in [0.2, 0.25) is 0 Å². The van der Waals surface area contributed by atoms with E-state index < -0.39 is 7.87 Å². The quantitative estimate of drug-likeness (QED) is 0.650. The second-order valence-electron chi connectivity index (χ2n) is 3.57. The summed E-state index contributed by atoms with van der Waals surface area (Å²) in [5.41, 5.74) is 0. The van der Waals surface area contributed by atoms with Crippen molar-refractivity contribution < 1.29 is 0 Å². The predicted molar refractivity (Wildman–Crippen MR) is 58.4 cm³/mol. The Morgan fingerprint density at radius 1 is 0.750 bits per heavy atom. The summed E-state index contributed by atoms with van der Waals surface area (Å²) in [5.74, 6) is 0. The van der Waals surface area contributed by atoms with Gasteiger partial charge in [-0.15, -0.1) is 0 Å². The molecule has 0 aliphatic rings. The van der Waals surface area contributed by atoms with Crippen LogP contribution in [0.3, 0.4) is 0 Å². The van der Waals surface area contributed by atoms with Gasteiger partial charge >= 0.3 is 76.3 Å². The molecule has 0 fully saturated rings. The van der Waals surface area contributed by atoms with E-state index in [1.807, 2.05) is 7.05 Å². The summed E-state index contributed by atoms with van der Waals surface area (Å²) in [6.07, 6.45) is 0. The summed E-state index contributed by atoms with van der Waals surface area (Å²) in [6.45, 7) is 0. The molecule has 0 saturated carbocycles. The minimum atomic E-state index is -1.75. The topological polar surface area (TPSA) is 21.8 Å². The second kappa shape index (κ2) is 4.49. The molecule has 1 N–H and O–H groups in total. The third-order valence-electron chi connectivity index (χ3n) is 2.21. The van der Waals surface area contributed by atoms with Gasteiger partial charge in [-0.1, -0.05) is 0 Å². The van der Waals surface area contributed by atoms with Crippen molar-refractivity contribution in [2.45, 2.75) is 0 Å². The summed E-state index contributed by atoms with van der Waals surface area (Å²) in [4.78, 5) is 0. The molecule has 5 heteroatoms. The maximum absolute atomic E-state index is 3.43. The Hall–Kier alpha value is 0.270. The first-order valence-corrected chi connectivity index (χ1v) is 5.95. The van der Waals surface area contributed by atoms with Crippen molar-refractivity contribution in [2.75, 3.05) is 49.3 Å². The average Bonchev–Trinajstić information content (AvgIpc) is 1.86. The number of nitrogens with zero attached hydrogens (tertiary/aromatic N) is 3. The van der Waals surface area contributed by atoms with E-state index in [1.165, 1.54) is 0 Å². The van der Waals surface area contributed by atoms with Gasteiger partial charge in [-0.3, -0.25) is 0 Å². The maximum atomic E-state index is 3.43. The fourth-order valence-corrected chi connectivity index (χ4v) is 5.61. The molecule has 0 radical (unpaired) electrons. The van der Waals surface area contributed by atoms with E-state index in [2.05, 4.69) is 61.4 Å². The third-order valence-corrected chi connectivity index (χ3v) is 6.62. The van der Waals surface area contributed by atoms with Crippen LogP contribution in [0.25, 0.3) is 0 Å². The van der Waals surface area contributed by atoms with E-state index in [-0.39, 0.29) is 0 Å². The fourth-order valence-electron chi connectivity index (χ4n) is 1.87. The number of hydrogen-bond donors (Lipinski definition) is 1. The Labute approximate surface area is 77.1 Å². The Morgan fingerprint density at radius 3 is 1.00 bits per heavy atom. The molecule has 0 aliphatic heterocycles. The molecule has 0 unspecified atom stereocenters. The minimum absolute atomic E-state index is 1.75. The van der Waals surface area contributed by atoms with Crippen molar-refractivity contribution in [3.05, 3.63) is 0 Å². The molecular weight excluding hydrogens is 171 g/mol. The Morgan fingerprint density at radius 2 is 1.00 bits per heavy atom. The van der Waals surface area contributed by atoms with Gasteiger partial charge in [0.05, 0.1) is 0 Å². The summed E-state index contributed by atoms with van der Waals surface area (Å²) in [7, 11) is 13.0. The summed E-state index contributed by atoms with van der Waals surface area (Å²) in [5, 5.41) is 3.43. The van der Waals surface area contributed by atoms with Crippen molar-refractivity contribution in [1.29, 1.82) is 0 Å². The van der Waals surface area contributed by atoms with Crippen LogP contribution in [-0.4, -0.2) is 63.3 Å². The molecule has 12 heavy (non-hydrogen) atoms. The molecule has 0 amide bonds. The molecule has 0 aromatic heterocycles. The average molecular weight is 194 g/mol. The van der Waals surface area contributed by atoms with E-state index in [4.69, 9.17) is 0 Å². The first-order valence-electron chi connectivity index (χ1n) is 4.10. The van der Waals surface area contributed by atoms with Crippen molar-refractivity contribution in [2.24, 2.45) is 0 Å². The van der Waals surface area contributed by atoms with Crippen molar-refractivity contribution in [3.63, 3.8) is 0 Å². The van der Waals surface area contributed by atoms with Gasteiger partial charge in [-0.25, -0.2) is 0 Å². The summed E-state index contributed by atoms with van der Waals surface area (Å²) >= 11 is 0. The van der Waals surface area contributed by atoms with Crippen LogP contribution in [0, 0.1) is 0 Å². The summed E-state index contributed by atoms with van der Waals surface area (Å²) < 4.78 is 6.81. The molecule has 0 aromatic carbocycles. The number of rotatable bonds is 4. The zero-order chi connectivity index (χ0) is 9.94. The number of nitrogens with one attached hydrogen (secondary N) is 1. The SMILES string of the molecule is CN[PH](N(C)C)(N(C)C)N(C)C.